The van der Waals surface area contributed by atoms with Gasteiger partial charge in [-0.3, -0.25) is 0 Å². The molecule has 0 spiro atoms. The molecule has 0 radical (unpaired) electrons. The average Bonchev–Trinajstić information content (AvgIpc) is 2.37. The lowest BCUT2D eigenvalue weighted by Crippen LogP contribution is -2.10. The maximum atomic E-state index is 5.33. The lowest BCUT2D eigenvalue weighted by Gasteiger charge is -2.08. The zero-order valence-corrected chi connectivity index (χ0v) is 7.56. The summed E-state index contributed by atoms with van der Waals surface area (Å²) >= 11 is 5.33. The fourth-order valence-electron chi connectivity index (χ4n) is 1.39. The molecule has 0 aliphatic heterocycles. The van der Waals surface area contributed by atoms with Crippen LogP contribution in [0, 0.1) is 0 Å². The average molecular weight is 162 g/mol. The minimum absolute atomic E-state index is 0.331. The van der Waals surface area contributed by atoms with Crippen LogP contribution in [0.15, 0.2) is 0 Å². The van der Waals surface area contributed by atoms with Crippen molar-refractivity contribution >= 4 is 20.6 Å². The van der Waals surface area contributed by atoms with Crippen molar-refractivity contribution in [3.8, 4) is 0 Å². The van der Waals surface area contributed by atoms with E-state index in [4.69, 9.17) is 11.2 Å². The second-order valence-corrected chi connectivity index (χ2v) is 5.87. The van der Waals surface area contributed by atoms with E-state index in [0.29, 0.717) is 9.45 Å². The van der Waals surface area contributed by atoms with Crippen LogP contribution >= 0.6 is 0 Å². The van der Waals surface area contributed by atoms with Gasteiger partial charge in [0.25, 0.3) is 0 Å². The standard InChI is InChI=1S/C7H14S2/c1-2-9(8)7-5-3-4-6-7/h7H,2-6H2,1H3. The Bertz CT molecular complexity index is 103. The summed E-state index contributed by atoms with van der Waals surface area (Å²) in [5.41, 5.74) is 0. The third kappa shape index (κ3) is 2.01. The largest absolute Gasteiger partial charge is 0.119 e. The molecule has 1 aliphatic carbocycles. The van der Waals surface area contributed by atoms with E-state index in [1.54, 1.807) is 0 Å². The van der Waals surface area contributed by atoms with E-state index >= 15 is 0 Å². The van der Waals surface area contributed by atoms with Crippen LogP contribution in [-0.4, -0.2) is 11.0 Å². The van der Waals surface area contributed by atoms with E-state index in [1.807, 2.05) is 0 Å². The van der Waals surface area contributed by atoms with Crippen molar-refractivity contribution in [2.45, 2.75) is 37.9 Å². The summed E-state index contributed by atoms with van der Waals surface area (Å²) in [6.45, 7) is 2.22. The number of hydrogen-bond donors (Lipinski definition) is 0. The van der Waals surface area contributed by atoms with Gasteiger partial charge in [0, 0.05) is 5.25 Å². The molecule has 1 unspecified atom stereocenters. The van der Waals surface area contributed by atoms with Crippen LogP contribution in [0.25, 0.3) is 0 Å². The zero-order chi connectivity index (χ0) is 6.69. The first-order valence-corrected chi connectivity index (χ1v) is 6.10. The van der Waals surface area contributed by atoms with Gasteiger partial charge in [-0.2, -0.15) is 0 Å². The first-order valence-electron chi connectivity index (χ1n) is 3.71. The summed E-state index contributed by atoms with van der Waals surface area (Å²) in [4.78, 5) is 0. The molecule has 0 heterocycles. The molecule has 0 N–H and O–H groups in total. The molecule has 0 amide bonds. The summed E-state index contributed by atoms with van der Waals surface area (Å²) in [5, 5.41) is 0.921. The molecular formula is C7H14S2. The Morgan fingerprint density at radius 1 is 1.44 bits per heavy atom. The van der Waals surface area contributed by atoms with E-state index in [2.05, 4.69) is 6.92 Å². The normalized spacial score (nSPS) is 24.6. The third-order valence-electron chi connectivity index (χ3n) is 1.96. The molecule has 1 saturated carbocycles. The second kappa shape index (κ2) is 3.67. The molecule has 1 aliphatic rings. The van der Waals surface area contributed by atoms with Crippen LogP contribution in [0.3, 0.4) is 0 Å². The Morgan fingerprint density at radius 2 is 2.00 bits per heavy atom. The van der Waals surface area contributed by atoms with Crippen molar-refractivity contribution in [1.82, 2.24) is 0 Å². The van der Waals surface area contributed by atoms with Crippen LogP contribution in [0.1, 0.15) is 32.6 Å². The maximum Gasteiger partial charge on any atom is 0.00934 e. The Balaban J connectivity index is 2.32. The highest BCUT2D eigenvalue weighted by Gasteiger charge is 2.16. The third-order valence-corrected chi connectivity index (χ3v) is 5.27. The topological polar surface area (TPSA) is 0 Å². The van der Waals surface area contributed by atoms with Gasteiger partial charge in [-0.15, -0.1) is 9.45 Å². The summed E-state index contributed by atoms with van der Waals surface area (Å²) < 4.78 is 0. The second-order valence-electron chi connectivity index (χ2n) is 2.58. The van der Waals surface area contributed by atoms with E-state index in [9.17, 15) is 0 Å². The lowest BCUT2D eigenvalue weighted by molar-refractivity contribution is 0.886. The zero-order valence-electron chi connectivity index (χ0n) is 5.93. The predicted molar refractivity (Wildman–Crippen MR) is 47.5 cm³/mol. The van der Waals surface area contributed by atoms with Crippen molar-refractivity contribution in [1.29, 1.82) is 0 Å². The van der Waals surface area contributed by atoms with Gasteiger partial charge < -0.3 is 0 Å². The fraction of sp³-hybridized carbons (Fsp3) is 1.00. The molecule has 0 aromatic carbocycles. The number of hydrogen-bond acceptors (Lipinski definition) is 1. The Morgan fingerprint density at radius 3 is 2.44 bits per heavy atom. The van der Waals surface area contributed by atoms with Crippen LogP contribution in [0.5, 0.6) is 0 Å². The molecule has 9 heavy (non-hydrogen) atoms. The molecule has 54 valence electrons. The molecular weight excluding hydrogens is 148 g/mol. The van der Waals surface area contributed by atoms with Crippen molar-refractivity contribution < 1.29 is 0 Å². The van der Waals surface area contributed by atoms with Gasteiger partial charge in [0.05, 0.1) is 0 Å². The molecule has 0 aromatic heterocycles. The van der Waals surface area contributed by atoms with E-state index in [0.717, 1.165) is 5.25 Å². The number of rotatable bonds is 2. The van der Waals surface area contributed by atoms with Crippen molar-refractivity contribution in [3.05, 3.63) is 0 Å². The van der Waals surface area contributed by atoms with E-state index in [1.165, 1.54) is 31.4 Å². The summed E-state index contributed by atoms with van der Waals surface area (Å²) in [6, 6.07) is 0. The van der Waals surface area contributed by atoms with Gasteiger partial charge in [0.1, 0.15) is 0 Å². The van der Waals surface area contributed by atoms with Crippen molar-refractivity contribution in [2.75, 3.05) is 5.75 Å². The summed E-state index contributed by atoms with van der Waals surface area (Å²) in [7, 11) is 0.331. The molecule has 1 rings (SSSR count). The maximum absolute atomic E-state index is 5.33. The molecule has 0 nitrogen and oxygen atoms in total. The quantitative estimate of drug-likeness (QED) is 0.599. The van der Waals surface area contributed by atoms with Crippen LogP contribution in [0.2, 0.25) is 0 Å². The first kappa shape index (κ1) is 7.67. The highest BCUT2D eigenvalue weighted by Crippen LogP contribution is 2.22. The van der Waals surface area contributed by atoms with Crippen molar-refractivity contribution in [3.63, 3.8) is 0 Å². The molecule has 0 bridgehead atoms. The Kier molecular flexibility index (Phi) is 3.13. The van der Waals surface area contributed by atoms with Gasteiger partial charge in [0.2, 0.25) is 0 Å². The lowest BCUT2D eigenvalue weighted by atomic mass is 10.4. The van der Waals surface area contributed by atoms with E-state index in [-0.39, 0.29) is 0 Å². The van der Waals surface area contributed by atoms with Crippen LogP contribution < -0.4 is 0 Å². The molecule has 0 saturated heterocycles. The molecule has 1 fully saturated rings. The predicted octanol–water partition coefficient (Wildman–Crippen LogP) is 2.03. The summed E-state index contributed by atoms with van der Waals surface area (Å²) in [5.74, 6) is 1.22. The molecule has 2 heteroatoms. The monoisotopic (exact) mass is 162 g/mol. The van der Waals surface area contributed by atoms with Gasteiger partial charge in [-0.1, -0.05) is 31.0 Å². The highest BCUT2D eigenvalue weighted by atomic mass is 32.8. The SMILES string of the molecule is CCS(=S)C1CCCC1. The minimum Gasteiger partial charge on any atom is -0.119 e. The van der Waals surface area contributed by atoms with Crippen molar-refractivity contribution in [2.24, 2.45) is 0 Å². The van der Waals surface area contributed by atoms with Gasteiger partial charge in [-0.05, 0) is 18.6 Å². The molecule has 1 atom stereocenters. The smallest absolute Gasteiger partial charge is 0.00934 e. The van der Waals surface area contributed by atoms with E-state index < -0.39 is 0 Å². The first-order chi connectivity index (χ1) is 4.34. The Hall–Kier alpha value is 0.570. The minimum atomic E-state index is 0.331. The Labute approximate surface area is 64.6 Å². The van der Waals surface area contributed by atoms with Crippen LogP contribution in [0.4, 0.5) is 0 Å². The highest BCUT2D eigenvalue weighted by molar-refractivity contribution is 8.29. The fourth-order valence-corrected chi connectivity index (χ4v) is 3.29. The molecule has 0 aromatic rings. The van der Waals surface area contributed by atoms with Crippen LogP contribution in [-0.2, 0) is 20.6 Å². The summed E-state index contributed by atoms with van der Waals surface area (Å²) in [6.07, 6.45) is 5.70. The van der Waals surface area contributed by atoms with Gasteiger partial charge >= 0.3 is 0 Å². The van der Waals surface area contributed by atoms with Gasteiger partial charge in [-0.25, -0.2) is 0 Å². The van der Waals surface area contributed by atoms with Gasteiger partial charge in [0.15, 0.2) is 0 Å².